The molecule has 0 saturated heterocycles. The molecule has 1 heterocycles. The van der Waals surface area contributed by atoms with E-state index >= 15 is 0 Å². The molecule has 0 spiro atoms. The normalized spacial score (nSPS) is 17.5. The van der Waals surface area contributed by atoms with Crippen LogP contribution in [0.3, 0.4) is 0 Å². The Labute approximate surface area is 179 Å². The van der Waals surface area contributed by atoms with Crippen LogP contribution in [0.15, 0.2) is 54.6 Å². The summed E-state index contributed by atoms with van der Waals surface area (Å²) in [5, 5.41) is 22.0. The van der Waals surface area contributed by atoms with Crippen LogP contribution in [0.4, 0.5) is 0 Å². The van der Waals surface area contributed by atoms with Crippen LogP contribution in [0.25, 0.3) is 0 Å². The molecule has 3 atom stereocenters. The molecule has 3 N–H and O–H groups in total. The van der Waals surface area contributed by atoms with E-state index in [4.69, 9.17) is 0 Å². The summed E-state index contributed by atoms with van der Waals surface area (Å²) < 4.78 is 0. The molecule has 1 aliphatic heterocycles. The number of benzene rings is 2. The highest BCUT2D eigenvalue weighted by Gasteiger charge is 2.42. The Morgan fingerprint density at radius 2 is 1.71 bits per heavy atom. The minimum absolute atomic E-state index is 0.0885. The first-order valence-corrected chi connectivity index (χ1v) is 9.99. The van der Waals surface area contributed by atoms with E-state index in [2.05, 4.69) is 5.32 Å². The maximum Gasteiger partial charge on any atom is 0.331 e. The lowest BCUT2D eigenvalue weighted by Crippen LogP contribution is -2.55. The Morgan fingerprint density at radius 3 is 2.35 bits per heavy atom. The van der Waals surface area contributed by atoms with Crippen LogP contribution in [-0.2, 0) is 32.0 Å². The second kappa shape index (κ2) is 9.53. The number of carboxylic acid groups (broad SMARTS) is 2. The van der Waals surface area contributed by atoms with Crippen molar-refractivity contribution < 1.29 is 29.4 Å². The molecule has 2 aromatic rings. The van der Waals surface area contributed by atoms with Gasteiger partial charge in [-0.25, -0.2) is 4.79 Å². The van der Waals surface area contributed by atoms with Crippen LogP contribution in [0.1, 0.15) is 36.1 Å². The topological polar surface area (TPSA) is 124 Å². The minimum Gasteiger partial charge on any atom is -0.480 e. The second-order valence-corrected chi connectivity index (χ2v) is 7.52. The summed E-state index contributed by atoms with van der Waals surface area (Å²) in [6.07, 6.45) is 0.629. The molecule has 162 valence electrons. The molecule has 0 aromatic heterocycles. The van der Waals surface area contributed by atoms with Gasteiger partial charge in [-0.1, -0.05) is 54.6 Å². The summed E-state index contributed by atoms with van der Waals surface area (Å²) in [5.74, 6) is -3.83. The molecule has 8 heteroatoms. The predicted octanol–water partition coefficient (Wildman–Crippen LogP) is 1.79. The zero-order chi connectivity index (χ0) is 22.5. The average molecular weight is 424 g/mol. The van der Waals surface area contributed by atoms with Crippen molar-refractivity contribution in [2.75, 3.05) is 0 Å². The lowest BCUT2D eigenvalue weighted by atomic mass is 9.91. The number of nitrogens with one attached hydrogen (secondary N) is 1. The van der Waals surface area contributed by atoms with Gasteiger partial charge >= 0.3 is 11.9 Å². The Balaban J connectivity index is 1.76. The molecule has 0 saturated carbocycles. The third kappa shape index (κ3) is 4.97. The van der Waals surface area contributed by atoms with Crippen molar-refractivity contribution in [2.45, 2.75) is 44.3 Å². The third-order valence-electron chi connectivity index (χ3n) is 5.37. The zero-order valence-electron chi connectivity index (χ0n) is 17.0. The first-order valence-electron chi connectivity index (χ1n) is 9.99. The first-order chi connectivity index (χ1) is 14.8. The van der Waals surface area contributed by atoms with Crippen molar-refractivity contribution in [3.63, 3.8) is 0 Å². The lowest BCUT2D eigenvalue weighted by Gasteiger charge is -2.35. The van der Waals surface area contributed by atoms with E-state index < -0.39 is 41.9 Å². The number of amides is 2. The van der Waals surface area contributed by atoms with Crippen molar-refractivity contribution in [3.05, 3.63) is 71.3 Å². The standard InChI is InChI=1S/C23H24N2O6/c1-14(24-18(22(28)29)12-11-15-7-3-2-4-8-15)21(27)25-19(26)13-16-9-5-6-10-17(16)20(25)23(30)31/h2-10,14,18,20,24H,11-13H2,1H3,(H,28,29)(H,30,31). The maximum absolute atomic E-state index is 13.1. The Kier molecular flexibility index (Phi) is 6.81. The van der Waals surface area contributed by atoms with Gasteiger partial charge in [-0.05, 0) is 36.5 Å². The number of fused-ring (bicyclic) bond motifs is 1. The van der Waals surface area contributed by atoms with Gasteiger partial charge in [0.15, 0.2) is 6.04 Å². The number of hydrogen-bond donors (Lipinski definition) is 3. The lowest BCUT2D eigenvalue weighted by molar-refractivity contribution is -0.160. The largest absolute Gasteiger partial charge is 0.480 e. The van der Waals surface area contributed by atoms with Gasteiger partial charge in [0, 0.05) is 0 Å². The molecule has 3 unspecified atom stereocenters. The average Bonchev–Trinajstić information content (AvgIpc) is 2.75. The van der Waals surface area contributed by atoms with E-state index in [0.29, 0.717) is 17.5 Å². The molecule has 0 radical (unpaired) electrons. The fourth-order valence-electron chi connectivity index (χ4n) is 3.80. The highest BCUT2D eigenvalue weighted by atomic mass is 16.4. The van der Waals surface area contributed by atoms with E-state index in [9.17, 15) is 29.4 Å². The van der Waals surface area contributed by atoms with E-state index in [1.807, 2.05) is 30.3 Å². The van der Waals surface area contributed by atoms with Crippen LogP contribution in [0.5, 0.6) is 0 Å². The highest BCUT2D eigenvalue weighted by Crippen LogP contribution is 2.31. The smallest absolute Gasteiger partial charge is 0.331 e. The van der Waals surface area contributed by atoms with Crippen molar-refractivity contribution in [1.29, 1.82) is 0 Å². The SMILES string of the molecule is CC(NC(CCc1ccccc1)C(=O)O)C(=O)N1C(=O)Cc2ccccc2C1C(=O)O. The van der Waals surface area contributed by atoms with E-state index in [1.54, 1.807) is 24.3 Å². The molecular formula is C23H24N2O6. The molecule has 2 aromatic carbocycles. The number of carboxylic acids is 2. The summed E-state index contributed by atoms with van der Waals surface area (Å²) in [6, 6.07) is 12.4. The van der Waals surface area contributed by atoms with E-state index in [0.717, 1.165) is 10.5 Å². The number of aliphatic carboxylic acids is 2. The number of carbonyl (C=O) groups excluding carboxylic acids is 2. The summed E-state index contributed by atoms with van der Waals surface area (Å²) in [6.45, 7) is 1.44. The number of nitrogens with zero attached hydrogens (tertiary/aromatic N) is 1. The molecule has 3 rings (SSSR count). The fraction of sp³-hybridized carbons (Fsp3) is 0.304. The highest BCUT2D eigenvalue weighted by molar-refractivity contribution is 6.04. The molecule has 8 nitrogen and oxygen atoms in total. The van der Waals surface area contributed by atoms with Crippen LogP contribution in [0, 0.1) is 0 Å². The third-order valence-corrected chi connectivity index (χ3v) is 5.37. The maximum atomic E-state index is 13.1. The molecule has 0 aliphatic carbocycles. The van der Waals surface area contributed by atoms with Crippen LogP contribution < -0.4 is 5.32 Å². The van der Waals surface area contributed by atoms with Crippen LogP contribution in [-0.4, -0.2) is 50.9 Å². The fourth-order valence-corrected chi connectivity index (χ4v) is 3.80. The van der Waals surface area contributed by atoms with Crippen molar-refractivity contribution in [3.8, 4) is 0 Å². The summed E-state index contributed by atoms with van der Waals surface area (Å²) in [7, 11) is 0. The van der Waals surface area contributed by atoms with Gasteiger partial charge in [0.1, 0.15) is 6.04 Å². The molecule has 0 bridgehead atoms. The monoisotopic (exact) mass is 424 g/mol. The molecule has 1 aliphatic rings. The number of carbonyl (C=O) groups is 4. The second-order valence-electron chi connectivity index (χ2n) is 7.52. The Hall–Kier alpha value is -3.52. The van der Waals surface area contributed by atoms with Crippen molar-refractivity contribution in [2.24, 2.45) is 0 Å². The van der Waals surface area contributed by atoms with Gasteiger partial charge in [0.05, 0.1) is 12.5 Å². The Morgan fingerprint density at radius 1 is 1.06 bits per heavy atom. The molecule has 0 fully saturated rings. The van der Waals surface area contributed by atoms with Gasteiger partial charge in [0.2, 0.25) is 11.8 Å². The predicted molar refractivity (Wildman–Crippen MR) is 111 cm³/mol. The summed E-state index contributed by atoms with van der Waals surface area (Å²) >= 11 is 0. The Bertz CT molecular complexity index is 991. The number of hydrogen-bond acceptors (Lipinski definition) is 5. The quantitative estimate of drug-likeness (QED) is 0.590. The molecule has 2 amide bonds. The van der Waals surface area contributed by atoms with Crippen molar-refractivity contribution in [1.82, 2.24) is 10.2 Å². The van der Waals surface area contributed by atoms with Gasteiger partial charge < -0.3 is 10.2 Å². The summed E-state index contributed by atoms with van der Waals surface area (Å²) in [4.78, 5) is 50.1. The number of imide groups is 1. The first kappa shape index (κ1) is 22.2. The van der Waals surface area contributed by atoms with Gasteiger partial charge in [0.25, 0.3) is 0 Å². The van der Waals surface area contributed by atoms with Gasteiger partial charge in [-0.3, -0.25) is 24.6 Å². The molecule has 31 heavy (non-hydrogen) atoms. The number of aryl methyl sites for hydroxylation is 1. The summed E-state index contributed by atoms with van der Waals surface area (Å²) in [5.41, 5.74) is 1.91. The van der Waals surface area contributed by atoms with Crippen LogP contribution >= 0.6 is 0 Å². The van der Waals surface area contributed by atoms with Gasteiger partial charge in [-0.2, -0.15) is 0 Å². The number of rotatable bonds is 8. The van der Waals surface area contributed by atoms with Crippen LogP contribution in [0.2, 0.25) is 0 Å². The van der Waals surface area contributed by atoms with E-state index in [1.165, 1.54) is 6.92 Å². The minimum atomic E-state index is -1.44. The molecular weight excluding hydrogens is 400 g/mol. The van der Waals surface area contributed by atoms with Gasteiger partial charge in [-0.15, -0.1) is 0 Å². The zero-order valence-corrected chi connectivity index (χ0v) is 17.0. The van der Waals surface area contributed by atoms with E-state index in [-0.39, 0.29) is 12.8 Å². The van der Waals surface area contributed by atoms with Crippen molar-refractivity contribution >= 4 is 23.8 Å².